The Bertz CT molecular complexity index is 683. The fourth-order valence-electron chi connectivity index (χ4n) is 1.48. The molecule has 0 saturated heterocycles. The number of nitrogens with two attached hydrogens (primary N) is 1. The molecule has 1 aromatic heterocycles. The van der Waals surface area contributed by atoms with E-state index in [0.29, 0.717) is 18.1 Å². The van der Waals surface area contributed by atoms with E-state index in [1.807, 2.05) is 6.92 Å². The van der Waals surface area contributed by atoms with Crippen LogP contribution in [0.15, 0.2) is 33.6 Å². The summed E-state index contributed by atoms with van der Waals surface area (Å²) >= 11 is 0. The molecule has 2 aromatic rings. The molecule has 0 bridgehead atoms. The molecule has 2 rings (SSSR count). The summed E-state index contributed by atoms with van der Waals surface area (Å²) in [6, 6.07) is 6.22. The average Bonchev–Trinajstić information content (AvgIpc) is 2.83. The lowest BCUT2D eigenvalue weighted by atomic mass is 10.3. The van der Waals surface area contributed by atoms with Crippen LogP contribution >= 0.6 is 0 Å². The molecule has 0 saturated carbocycles. The Morgan fingerprint density at radius 2 is 2.15 bits per heavy atom. The molecule has 0 radical (unpaired) electrons. The molecule has 0 aliphatic carbocycles. The molecule has 9 heteroatoms. The second-order valence-electron chi connectivity index (χ2n) is 3.98. The number of hydrogen-bond donors (Lipinski definition) is 3. The maximum Gasteiger partial charge on any atom is 0.320 e. The molecule has 108 valence electrons. The van der Waals surface area contributed by atoms with E-state index in [1.54, 1.807) is 12.1 Å². The van der Waals surface area contributed by atoms with Crippen LogP contribution in [0.3, 0.4) is 0 Å². The molecular weight excluding hydrogens is 282 g/mol. The Kier molecular flexibility index (Phi) is 4.32. The van der Waals surface area contributed by atoms with E-state index in [4.69, 9.17) is 9.56 Å². The van der Waals surface area contributed by atoms with Gasteiger partial charge in [0.25, 0.3) is 0 Å². The zero-order valence-corrected chi connectivity index (χ0v) is 11.6. The van der Waals surface area contributed by atoms with Crippen LogP contribution in [-0.4, -0.2) is 25.2 Å². The van der Waals surface area contributed by atoms with Crippen LogP contribution in [0.1, 0.15) is 12.8 Å². The third kappa shape index (κ3) is 3.76. The van der Waals surface area contributed by atoms with Gasteiger partial charge in [-0.2, -0.15) is 0 Å². The maximum atomic E-state index is 11.3. The number of anilines is 2. The number of nitrogens with one attached hydrogen (secondary N) is 2. The zero-order chi connectivity index (χ0) is 14.6. The molecule has 1 aromatic carbocycles. The van der Waals surface area contributed by atoms with Crippen molar-refractivity contribution < 1.29 is 12.8 Å². The smallest absolute Gasteiger partial charge is 0.320 e. The number of rotatable bonds is 6. The summed E-state index contributed by atoms with van der Waals surface area (Å²) in [6.45, 7) is 3.23. The molecular formula is C11H15N5O3S. The van der Waals surface area contributed by atoms with Gasteiger partial charge in [0, 0.05) is 5.69 Å². The van der Waals surface area contributed by atoms with Crippen molar-refractivity contribution in [3.8, 4) is 0 Å². The number of hydrogen-bond acceptors (Lipinski definition) is 7. The lowest BCUT2D eigenvalue weighted by molar-refractivity contribution is 0.484. The molecule has 0 spiro atoms. The van der Waals surface area contributed by atoms with Gasteiger partial charge in [0.15, 0.2) is 0 Å². The van der Waals surface area contributed by atoms with Crippen molar-refractivity contribution in [3.05, 3.63) is 30.2 Å². The molecule has 0 unspecified atom stereocenters. The van der Waals surface area contributed by atoms with Crippen LogP contribution in [0.25, 0.3) is 0 Å². The summed E-state index contributed by atoms with van der Waals surface area (Å²) in [6.07, 6.45) is 0. The van der Waals surface area contributed by atoms with Crippen LogP contribution in [0, 0.1) is 0 Å². The number of sulfonamides is 1. The van der Waals surface area contributed by atoms with E-state index in [-0.39, 0.29) is 10.9 Å². The van der Waals surface area contributed by atoms with E-state index >= 15 is 0 Å². The summed E-state index contributed by atoms with van der Waals surface area (Å²) in [5.74, 6) is 0.442. The van der Waals surface area contributed by atoms with Crippen molar-refractivity contribution >= 4 is 21.7 Å². The quantitative estimate of drug-likeness (QED) is 0.712. The second-order valence-corrected chi connectivity index (χ2v) is 5.54. The first-order valence-electron chi connectivity index (χ1n) is 5.92. The Morgan fingerprint density at radius 1 is 1.35 bits per heavy atom. The number of benzene rings is 1. The first-order valence-corrected chi connectivity index (χ1v) is 7.46. The lowest BCUT2D eigenvalue weighted by Crippen LogP contribution is -2.12. The number of primary sulfonamides is 1. The van der Waals surface area contributed by atoms with Crippen LogP contribution in [-0.2, 0) is 16.6 Å². The molecule has 8 nitrogen and oxygen atoms in total. The van der Waals surface area contributed by atoms with Gasteiger partial charge in [-0.1, -0.05) is 18.1 Å². The zero-order valence-electron chi connectivity index (χ0n) is 10.8. The predicted octanol–water partition coefficient (Wildman–Crippen LogP) is 0.570. The molecule has 0 fully saturated rings. The minimum atomic E-state index is -3.74. The van der Waals surface area contributed by atoms with Gasteiger partial charge in [0.2, 0.25) is 15.9 Å². The second kappa shape index (κ2) is 5.99. The molecule has 0 aliphatic rings. The van der Waals surface area contributed by atoms with Crippen molar-refractivity contribution in [2.75, 3.05) is 11.9 Å². The molecule has 0 aliphatic heterocycles. The van der Waals surface area contributed by atoms with Crippen molar-refractivity contribution in [2.24, 2.45) is 5.14 Å². The minimum absolute atomic E-state index is 0.00916. The summed E-state index contributed by atoms with van der Waals surface area (Å²) in [4.78, 5) is 0.00916. The maximum absolute atomic E-state index is 11.3. The van der Waals surface area contributed by atoms with Gasteiger partial charge < -0.3 is 15.1 Å². The first kappa shape index (κ1) is 14.4. The third-order valence-corrected chi connectivity index (χ3v) is 3.32. The highest BCUT2D eigenvalue weighted by Crippen LogP contribution is 2.18. The molecule has 0 atom stereocenters. The van der Waals surface area contributed by atoms with Crippen molar-refractivity contribution in [2.45, 2.75) is 18.4 Å². The topological polar surface area (TPSA) is 123 Å². The molecule has 20 heavy (non-hydrogen) atoms. The van der Waals surface area contributed by atoms with E-state index < -0.39 is 10.0 Å². The number of nitrogens with zero attached hydrogens (tertiary/aromatic N) is 2. The average molecular weight is 297 g/mol. The predicted molar refractivity (Wildman–Crippen MR) is 72.8 cm³/mol. The van der Waals surface area contributed by atoms with Gasteiger partial charge in [-0.3, -0.25) is 0 Å². The Balaban J connectivity index is 2.12. The summed E-state index contributed by atoms with van der Waals surface area (Å²) in [5.41, 5.74) is 0.496. The highest BCUT2D eigenvalue weighted by molar-refractivity contribution is 7.89. The molecule has 0 amide bonds. The van der Waals surface area contributed by atoms with Crippen LogP contribution < -0.4 is 15.8 Å². The van der Waals surface area contributed by atoms with Crippen molar-refractivity contribution in [3.63, 3.8) is 0 Å². The van der Waals surface area contributed by atoms with E-state index in [1.165, 1.54) is 12.1 Å². The lowest BCUT2D eigenvalue weighted by Gasteiger charge is -2.03. The van der Waals surface area contributed by atoms with Gasteiger partial charge in [0.1, 0.15) is 0 Å². The van der Waals surface area contributed by atoms with Crippen LogP contribution in [0.5, 0.6) is 0 Å². The van der Waals surface area contributed by atoms with E-state index in [0.717, 1.165) is 6.54 Å². The standard InChI is InChI=1S/C11H15N5O3S/c1-2-13-7-10-15-16-11(19-10)14-8-4-3-5-9(6-8)20(12,17)18/h3-6,13H,2,7H2,1H3,(H,14,16)(H2,12,17,18). The van der Waals surface area contributed by atoms with E-state index in [9.17, 15) is 8.42 Å². The third-order valence-electron chi connectivity index (χ3n) is 2.41. The van der Waals surface area contributed by atoms with E-state index in [2.05, 4.69) is 20.8 Å². The van der Waals surface area contributed by atoms with Gasteiger partial charge >= 0.3 is 6.01 Å². The molecule has 4 N–H and O–H groups in total. The largest absolute Gasteiger partial charge is 0.406 e. The SMILES string of the molecule is CCNCc1nnc(Nc2cccc(S(N)(=O)=O)c2)o1. The van der Waals surface area contributed by atoms with Gasteiger partial charge in [-0.05, 0) is 24.7 Å². The van der Waals surface area contributed by atoms with Crippen molar-refractivity contribution in [1.29, 1.82) is 0 Å². The van der Waals surface area contributed by atoms with Crippen LogP contribution in [0.4, 0.5) is 11.7 Å². The summed E-state index contributed by atoms with van der Waals surface area (Å²) in [7, 11) is -3.74. The van der Waals surface area contributed by atoms with Gasteiger partial charge in [-0.15, -0.1) is 5.10 Å². The summed E-state index contributed by atoms with van der Waals surface area (Å²) < 4.78 is 27.8. The highest BCUT2D eigenvalue weighted by atomic mass is 32.2. The fraction of sp³-hybridized carbons (Fsp3) is 0.273. The van der Waals surface area contributed by atoms with Gasteiger partial charge in [-0.25, -0.2) is 13.6 Å². The Hall–Kier alpha value is -1.97. The van der Waals surface area contributed by atoms with Gasteiger partial charge in [0.05, 0.1) is 11.4 Å². The Morgan fingerprint density at radius 3 is 2.85 bits per heavy atom. The van der Waals surface area contributed by atoms with Crippen LogP contribution in [0.2, 0.25) is 0 Å². The fourth-order valence-corrected chi connectivity index (χ4v) is 2.04. The monoisotopic (exact) mass is 297 g/mol. The Labute approximate surface area is 116 Å². The van der Waals surface area contributed by atoms with Crippen molar-refractivity contribution in [1.82, 2.24) is 15.5 Å². The highest BCUT2D eigenvalue weighted by Gasteiger charge is 2.10. The minimum Gasteiger partial charge on any atom is -0.406 e. The first-order chi connectivity index (χ1) is 9.49. The normalized spacial score (nSPS) is 11.5. The summed E-state index contributed by atoms with van der Waals surface area (Å²) in [5, 5.41) is 18.6. The molecule has 1 heterocycles. The number of aromatic nitrogens is 2.